The zero-order valence-electron chi connectivity index (χ0n) is 13.9. The maximum absolute atomic E-state index is 12.7. The molecular formula is C19H19NO4S. The molecule has 130 valence electrons. The molecule has 1 aromatic carbocycles. The van der Waals surface area contributed by atoms with Crippen molar-refractivity contribution in [1.29, 1.82) is 0 Å². The van der Waals surface area contributed by atoms with Crippen LogP contribution in [-0.2, 0) is 0 Å². The Morgan fingerprint density at radius 1 is 1.16 bits per heavy atom. The van der Waals surface area contributed by atoms with E-state index in [4.69, 9.17) is 5.11 Å². The van der Waals surface area contributed by atoms with Crippen molar-refractivity contribution in [3.63, 3.8) is 0 Å². The van der Waals surface area contributed by atoms with Gasteiger partial charge >= 0.3 is 5.97 Å². The monoisotopic (exact) mass is 357 g/mol. The number of likely N-dealkylation sites (tertiary alicyclic amines) is 1. The third-order valence-corrected chi connectivity index (χ3v) is 5.56. The van der Waals surface area contributed by atoms with E-state index in [2.05, 4.69) is 0 Å². The van der Waals surface area contributed by atoms with Gasteiger partial charge in [-0.05, 0) is 43.5 Å². The number of benzene rings is 1. The lowest BCUT2D eigenvalue weighted by molar-refractivity contribution is 0.0693. The Labute approximate surface area is 149 Å². The lowest BCUT2D eigenvalue weighted by Gasteiger charge is -2.33. The number of hydrogen-bond acceptors (Lipinski definition) is 4. The first kappa shape index (κ1) is 17.4. The predicted octanol–water partition coefficient (Wildman–Crippen LogP) is 3.67. The van der Waals surface area contributed by atoms with E-state index >= 15 is 0 Å². The summed E-state index contributed by atoms with van der Waals surface area (Å²) in [6, 6.07) is 8.55. The van der Waals surface area contributed by atoms with E-state index in [1.807, 2.05) is 17.0 Å². The maximum atomic E-state index is 12.7. The van der Waals surface area contributed by atoms with Crippen LogP contribution in [0.25, 0.3) is 0 Å². The van der Waals surface area contributed by atoms with Crippen LogP contribution in [0.1, 0.15) is 61.6 Å². The Kier molecular flexibility index (Phi) is 4.99. The van der Waals surface area contributed by atoms with E-state index in [1.165, 1.54) is 18.3 Å². The number of thiophene rings is 1. The van der Waals surface area contributed by atoms with Crippen LogP contribution in [-0.4, -0.2) is 40.8 Å². The summed E-state index contributed by atoms with van der Waals surface area (Å²) < 4.78 is 0. The van der Waals surface area contributed by atoms with Crippen molar-refractivity contribution in [1.82, 2.24) is 4.90 Å². The largest absolute Gasteiger partial charge is 0.478 e. The third kappa shape index (κ3) is 3.79. The number of carbonyl (C=O) groups excluding carboxylic acids is 2. The number of rotatable bonds is 4. The number of nitrogens with zero attached hydrogens (tertiary/aromatic N) is 1. The smallest absolute Gasteiger partial charge is 0.335 e. The van der Waals surface area contributed by atoms with E-state index in [-0.39, 0.29) is 23.2 Å². The van der Waals surface area contributed by atoms with Gasteiger partial charge in [0.1, 0.15) is 0 Å². The van der Waals surface area contributed by atoms with Gasteiger partial charge in [0.05, 0.1) is 16.0 Å². The van der Waals surface area contributed by atoms with E-state index in [1.54, 1.807) is 23.6 Å². The Bertz CT molecular complexity index is 809. The number of Topliss-reactive ketones (excluding diaryl/α,β-unsaturated/α-hetero) is 1. The number of amides is 1. The Hall–Kier alpha value is -2.47. The van der Waals surface area contributed by atoms with Gasteiger partial charge in [-0.2, -0.15) is 0 Å². The van der Waals surface area contributed by atoms with Crippen LogP contribution >= 0.6 is 11.3 Å². The van der Waals surface area contributed by atoms with Crippen LogP contribution in [0.4, 0.5) is 0 Å². The molecule has 2 aromatic rings. The highest BCUT2D eigenvalue weighted by Gasteiger charge is 2.26. The number of piperidine rings is 1. The SMILES string of the molecule is CC(=O)c1cc(C(=O)N2CCC[C@H](c3ccc(C(=O)O)cc3)C2)cs1. The second-order valence-electron chi connectivity index (χ2n) is 6.27. The second kappa shape index (κ2) is 7.19. The second-order valence-corrected chi connectivity index (χ2v) is 7.18. The van der Waals surface area contributed by atoms with Crippen molar-refractivity contribution in [3.05, 3.63) is 57.3 Å². The van der Waals surface area contributed by atoms with Gasteiger partial charge in [-0.15, -0.1) is 11.3 Å². The van der Waals surface area contributed by atoms with E-state index in [0.29, 0.717) is 23.5 Å². The average Bonchev–Trinajstić information content (AvgIpc) is 3.12. The number of carbonyl (C=O) groups is 3. The van der Waals surface area contributed by atoms with Gasteiger partial charge in [-0.1, -0.05) is 12.1 Å². The first-order valence-corrected chi connectivity index (χ1v) is 9.05. The number of carboxylic acid groups (broad SMARTS) is 1. The average molecular weight is 357 g/mol. The normalized spacial score (nSPS) is 17.3. The van der Waals surface area contributed by atoms with Gasteiger partial charge in [0.15, 0.2) is 5.78 Å². The molecule has 1 aliphatic heterocycles. The van der Waals surface area contributed by atoms with Gasteiger partial charge in [0.2, 0.25) is 0 Å². The summed E-state index contributed by atoms with van der Waals surface area (Å²) in [5.74, 6) is -0.813. The predicted molar refractivity (Wildman–Crippen MR) is 95.6 cm³/mol. The maximum Gasteiger partial charge on any atom is 0.335 e. The quantitative estimate of drug-likeness (QED) is 0.847. The van der Waals surface area contributed by atoms with Gasteiger partial charge in [-0.25, -0.2) is 4.79 Å². The van der Waals surface area contributed by atoms with Crippen LogP contribution in [0.3, 0.4) is 0 Å². The molecule has 6 heteroatoms. The molecule has 5 nitrogen and oxygen atoms in total. The topological polar surface area (TPSA) is 74.7 Å². The first-order valence-electron chi connectivity index (χ1n) is 8.17. The number of ketones is 1. The lowest BCUT2D eigenvalue weighted by Crippen LogP contribution is -2.39. The zero-order chi connectivity index (χ0) is 18.0. The van der Waals surface area contributed by atoms with Crippen molar-refractivity contribution in [2.75, 3.05) is 13.1 Å². The number of carboxylic acids is 1. The van der Waals surface area contributed by atoms with Crippen LogP contribution in [0, 0.1) is 0 Å². The third-order valence-electron chi connectivity index (χ3n) is 4.53. The van der Waals surface area contributed by atoms with Crippen molar-refractivity contribution in [2.24, 2.45) is 0 Å². The number of aromatic carboxylic acids is 1. The molecule has 1 N–H and O–H groups in total. The molecule has 2 heterocycles. The van der Waals surface area contributed by atoms with Gasteiger partial charge in [-0.3, -0.25) is 9.59 Å². The molecular weight excluding hydrogens is 338 g/mol. The summed E-state index contributed by atoms with van der Waals surface area (Å²) in [5, 5.41) is 10.7. The highest BCUT2D eigenvalue weighted by molar-refractivity contribution is 7.12. The molecule has 1 aliphatic rings. The molecule has 0 unspecified atom stereocenters. The van der Waals surface area contributed by atoms with Crippen molar-refractivity contribution < 1.29 is 19.5 Å². The molecule has 0 spiro atoms. The highest BCUT2D eigenvalue weighted by Crippen LogP contribution is 2.28. The molecule has 3 rings (SSSR count). The summed E-state index contributed by atoms with van der Waals surface area (Å²) in [6.45, 7) is 2.81. The molecule has 1 atom stereocenters. The lowest BCUT2D eigenvalue weighted by atomic mass is 9.90. The fraction of sp³-hybridized carbons (Fsp3) is 0.316. The van der Waals surface area contributed by atoms with Crippen LogP contribution in [0.2, 0.25) is 0 Å². The van der Waals surface area contributed by atoms with Gasteiger partial charge < -0.3 is 10.0 Å². The summed E-state index contributed by atoms with van der Waals surface area (Å²) in [7, 11) is 0. The summed E-state index contributed by atoms with van der Waals surface area (Å²) in [4.78, 5) is 37.5. The molecule has 0 aliphatic carbocycles. The molecule has 0 radical (unpaired) electrons. The fourth-order valence-electron chi connectivity index (χ4n) is 3.15. The molecule has 1 aromatic heterocycles. The Morgan fingerprint density at radius 3 is 2.48 bits per heavy atom. The molecule has 1 fully saturated rings. The van der Waals surface area contributed by atoms with Gasteiger partial charge in [0, 0.05) is 24.4 Å². The molecule has 0 saturated carbocycles. The summed E-state index contributed by atoms with van der Waals surface area (Å²) in [6.07, 6.45) is 1.87. The summed E-state index contributed by atoms with van der Waals surface area (Å²) in [5.41, 5.74) is 1.89. The molecule has 1 amide bonds. The minimum atomic E-state index is -0.939. The standard InChI is InChI=1S/C19H19NO4S/c1-12(21)17-9-16(11-25-17)18(22)20-8-2-3-15(10-20)13-4-6-14(7-5-13)19(23)24/h4-7,9,11,15H,2-3,8,10H2,1H3,(H,23,24)/t15-/m0/s1. The molecule has 25 heavy (non-hydrogen) atoms. The van der Waals surface area contributed by atoms with Gasteiger partial charge in [0.25, 0.3) is 5.91 Å². The van der Waals surface area contributed by atoms with Crippen LogP contribution < -0.4 is 0 Å². The Morgan fingerprint density at radius 2 is 1.88 bits per heavy atom. The fourth-order valence-corrected chi connectivity index (χ4v) is 3.93. The van der Waals surface area contributed by atoms with E-state index in [0.717, 1.165) is 18.4 Å². The van der Waals surface area contributed by atoms with Crippen LogP contribution in [0.15, 0.2) is 35.7 Å². The minimum Gasteiger partial charge on any atom is -0.478 e. The first-order chi connectivity index (χ1) is 12.0. The number of hydrogen-bond donors (Lipinski definition) is 1. The van der Waals surface area contributed by atoms with Crippen molar-refractivity contribution in [2.45, 2.75) is 25.7 Å². The zero-order valence-corrected chi connectivity index (χ0v) is 14.7. The minimum absolute atomic E-state index is 0.0286. The summed E-state index contributed by atoms with van der Waals surface area (Å²) >= 11 is 1.30. The van der Waals surface area contributed by atoms with Crippen molar-refractivity contribution >= 4 is 29.0 Å². The Balaban J connectivity index is 1.72. The molecule has 1 saturated heterocycles. The van der Waals surface area contributed by atoms with E-state index in [9.17, 15) is 14.4 Å². The van der Waals surface area contributed by atoms with Crippen molar-refractivity contribution in [3.8, 4) is 0 Å². The van der Waals surface area contributed by atoms with E-state index < -0.39 is 5.97 Å². The van der Waals surface area contributed by atoms with Crippen LogP contribution in [0.5, 0.6) is 0 Å². The highest BCUT2D eigenvalue weighted by atomic mass is 32.1. The molecule has 0 bridgehead atoms.